The van der Waals surface area contributed by atoms with E-state index in [2.05, 4.69) is 10.3 Å². The number of piperidine rings is 1. The normalized spacial score (nSPS) is 17.7. The van der Waals surface area contributed by atoms with E-state index in [1.54, 1.807) is 0 Å². The molecule has 2 rings (SSSR count). The molecule has 1 aliphatic rings. The lowest BCUT2D eigenvalue weighted by atomic mass is 9.95. The van der Waals surface area contributed by atoms with Crippen molar-refractivity contribution in [3.05, 3.63) is 30.1 Å². The number of rotatable bonds is 7. The van der Waals surface area contributed by atoms with Crippen molar-refractivity contribution in [3.8, 4) is 0 Å². The van der Waals surface area contributed by atoms with Crippen molar-refractivity contribution in [1.29, 1.82) is 0 Å². The summed E-state index contributed by atoms with van der Waals surface area (Å²) in [6, 6.07) is 5.34. The first-order valence-electron chi connectivity index (χ1n) is 9.12. The summed E-state index contributed by atoms with van der Waals surface area (Å²) in [5.41, 5.74) is 5.30. The molecule has 0 aliphatic carbocycles. The smallest absolute Gasteiger partial charge is 0.217 e. The second kappa shape index (κ2) is 11.5. The first kappa shape index (κ1) is 24.6. The van der Waals surface area contributed by atoms with Crippen LogP contribution in [0.25, 0.3) is 0 Å². The largest absolute Gasteiger partial charge is 0.370 e. The van der Waals surface area contributed by atoms with E-state index in [1.807, 2.05) is 11.8 Å². The number of carbonyl (C=O) groups excluding carboxylic acids is 1. The molecule has 1 unspecified atom stereocenters. The third-order valence-corrected chi connectivity index (χ3v) is 6.16. The highest BCUT2D eigenvalue weighted by molar-refractivity contribution is 14.0. The minimum Gasteiger partial charge on any atom is -0.370 e. The van der Waals surface area contributed by atoms with E-state index in [4.69, 9.17) is 5.73 Å². The van der Waals surface area contributed by atoms with Crippen molar-refractivity contribution < 1.29 is 17.6 Å². The van der Waals surface area contributed by atoms with E-state index in [-0.39, 0.29) is 53.0 Å². The van der Waals surface area contributed by atoms with Gasteiger partial charge >= 0.3 is 0 Å². The number of nitrogens with two attached hydrogens (primary N) is 1. The molecule has 0 bridgehead atoms. The third-order valence-electron chi connectivity index (χ3n) is 4.44. The summed E-state index contributed by atoms with van der Waals surface area (Å²) in [6.07, 6.45) is 2.17. The summed E-state index contributed by atoms with van der Waals surface area (Å²) < 4.78 is 38.5. The van der Waals surface area contributed by atoms with Gasteiger partial charge in [-0.25, -0.2) is 12.8 Å². The average molecular weight is 526 g/mol. The van der Waals surface area contributed by atoms with Crippen molar-refractivity contribution in [3.63, 3.8) is 0 Å². The Labute approximate surface area is 182 Å². The topological polar surface area (TPSA) is 105 Å². The zero-order valence-electron chi connectivity index (χ0n) is 15.9. The Kier molecular flexibility index (Phi) is 10.1. The van der Waals surface area contributed by atoms with Gasteiger partial charge in [0.2, 0.25) is 5.91 Å². The number of halogens is 2. The van der Waals surface area contributed by atoms with Gasteiger partial charge in [-0.2, -0.15) is 0 Å². The van der Waals surface area contributed by atoms with Crippen LogP contribution >= 0.6 is 24.0 Å². The maximum atomic E-state index is 13.8. The van der Waals surface area contributed by atoms with Gasteiger partial charge in [0, 0.05) is 26.1 Å². The van der Waals surface area contributed by atoms with Gasteiger partial charge < -0.3 is 16.0 Å². The number of guanidine groups is 1. The van der Waals surface area contributed by atoms with Crippen molar-refractivity contribution in [2.45, 2.75) is 31.1 Å². The van der Waals surface area contributed by atoms with Gasteiger partial charge in [-0.3, -0.25) is 9.79 Å². The van der Waals surface area contributed by atoms with E-state index < -0.39 is 15.7 Å². The van der Waals surface area contributed by atoms with Crippen LogP contribution in [0.1, 0.15) is 26.2 Å². The fraction of sp³-hybridized carbons (Fsp3) is 0.556. The molecule has 1 aliphatic heterocycles. The zero-order chi connectivity index (χ0) is 19.9. The predicted molar refractivity (Wildman–Crippen MR) is 118 cm³/mol. The highest BCUT2D eigenvalue weighted by Crippen LogP contribution is 2.19. The standard InChI is InChI=1S/C18H27FN4O3S.HI/c1-2-21-18(23-10-5-6-14(13-23)12-17(20)24)22-9-11-27(25,26)16-8-4-3-7-15(16)19;/h3-4,7-8,14H,2,5-6,9-13H2,1H3,(H2,20,24)(H,21,22);1H. The molecule has 0 radical (unpaired) electrons. The molecule has 1 atom stereocenters. The van der Waals surface area contributed by atoms with Crippen molar-refractivity contribution in [1.82, 2.24) is 10.2 Å². The molecule has 1 aromatic carbocycles. The summed E-state index contributed by atoms with van der Waals surface area (Å²) in [6.45, 7) is 4.01. The van der Waals surface area contributed by atoms with Crippen LogP contribution < -0.4 is 11.1 Å². The van der Waals surface area contributed by atoms with Crippen LogP contribution in [0.4, 0.5) is 4.39 Å². The molecular weight excluding hydrogens is 498 g/mol. The van der Waals surface area contributed by atoms with Crippen LogP contribution in [0.15, 0.2) is 34.2 Å². The van der Waals surface area contributed by atoms with Crippen molar-refractivity contribution >= 4 is 45.7 Å². The number of benzene rings is 1. The monoisotopic (exact) mass is 526 g/mol. The molecule has 3 N–H and O–H groups in total. The van der Waals surface area contributed by atoms with Gasteiger partial charge in [0.05, 0.1) is 12.3 Å². The molecule has 1 aromatic rings. The van der Waals surface area contributed by atoms with E-state index in [9.17, 15) is 17.6 Å². The Morgan fingerprint density at radius 3 is 2.75 bits per heavy atom. The predicted octanol–water partition coefficient (Wildman–Crippen LogP) is 1.77. The first-order chi connectivity index (χ1) is 12.8. The third kappa shape index (κ3) is 7.19. The van der Waals surface area contributed by atoms with Crippen LogP contribution in [-0.2, 0) is 14.6 Å². The summed E-state index contributed by atoms with van der Waals surface area (Å²) in [7, 11) is -3.75. The van der Waals surface area contributed by atoms with Crippen LogP contribution in [0, 0.1) is 11.7 Å². The summed E-state index contributed by atoms with van der Waals surface area (Å²) in [5, 5.41) is 3.15. The fourth-order valence-electron chi connectivity index (χ4n) is 3.21. The first-order valence-corrected chi connectivity index (χ1v) is 10.8. The molecule has 1 saturated heterocycles. The minimum absolute atomic E-state index is 0. The maximum Gasteiger partial charge on any atom is 0.217 e. The molecule has 10 heteroatoms. The Morgan fingerprint density at radius 1 is 1.39 bits per heavy atom. The van der Waals surface area contributed by atoms with Gasteiger partial charge in [-0.15, -0.1) is 24.0 Å². The second-order valence-corrected chi connectivity index (χ2v) is 8.69. The fourth-order valence-corrected chi connectivity index (χ4v) is 4.42. The lowest BCUT2D eigenvalue weighted by molar-refractivity contribution is -0.119. The van der Waals surface area contributed by atoms with Crippen LogP contribution in [0.5, 0.6) is 0 Å². The lowest BCUT2D eigenvalue weighted by Crippen LogP contribution is -2.47. The van der Waals surface area contributed by atoms with Gasteiger partial charge in [0.15, 0.2) is 15.8 Å². The summed E-state index contributed by atoms with van der Waals surface area (Å²) >= 11 is 0. The molecule has 0 aromatic heterocycles. The number of primary amides is 1. The van der Waals surface area contributed by atoms with Gasteiger partial charge in [-0.1, -0.05) is 12.1 Å². The SMILES string of the molecule is CCNC(=NCCS(=O)(=O)c1ccccc1F)N1CCCC(CC(N)=O)C1.I. The number of nitrogens with zero attached hydrogens (tertiary/aromatic N) is 2. The van der Waals surface area contributed by atoms with Gasteiger partial charge in [-0.05, 0) is 37.8 Å². The van der Waals surface area contributed by atoms with Crippen LogP contribution in [0.3, 0.4) is 0 Å². The molecule has 28 heavy (non-hydrogen) atoms. The minimum atomic E-state index is -3.75. The summed E-state index contributed by atoms with van der Waals surface area (Å²) in [4.78, 5) is 17.3. The maximum absolute atomic E-state index is 13.8. The number of amides is 1. The molecule has 7 nitrogen and oxygen atoms in total. The van der Waals surface area contributed by atoms with Crippen LogP contribution in [-0.4, -0.2) is 57.1 Å². The molecule has 158 valence electrons. The molecule has 1 amide bonds. The van der Waals surface area contributed by atoms with Crippen molar-refractivity contribution in [2.75, 3.05) is 31.9 Å². The zero-order valence-corrected chi connectivity index (χ0v) is 19.1. The average Bonchev–Trinajstić information content (AvgIpc) is 2.61. The molecule has 1 heterocycles. The quantitative estimate of drug-likeness (QED) is 0.320. The molecule has 0 saturated carbocycles. The number of carbonyl (C=O) groups is 1. The van der Waals surface area contributed by atoms with E-state index in [0.717, 1.165) is 25.5 Å². The van der Waals surface area contributed by atoms with Crippen LogP contribution in [0.2, 0.25) is 0 Å². The highest BCUT2D eigenvalue weighted by atomic mass is 127. The molecule has 1 fully saturated rings. The Hall–Kier alpha value is -1.43. The Bertz CT molecular complexity index is 789. The van der Waals surface area contributed by atoms with E-state index in [1.165, 1.54) is 18.2 Å². The Balaban J connectivity index is 0.00000392. The second-order valence-electron chi connectivity index (χ2n) is 6.61. The number of hydrogen-bond donors (Lipinski definition) is 2. The van der Waals surface area contributed by atoms with Crippen molar-refractivity contribution in [2.24, 2.45) is 16.6 Å². The Morgan fingerprint density at radius 2 is 2.11 bits per heavy atom. The number of hydrogen-bond acceptors (Lipinski definition) is 4. The van der Waals surface area contributed by atoms with E-state index in [0.29, 0.717) is 25.5 Å². The van der Waals surface area contributed by atoms with Gasteiger partial charge in [0.25, 0.3) is 0 Å². The molecular formula is C18H28FIN4O3S. The number of nitrogens with one attached hydrogen (secondary N) is 1. The number of aliphatic imine (C=N–C) groups is 1. The number of sulfone groups is 1. The molecule has 0 spiro atoms. The highest BCUT2D eigenvalue weighted by Gasteiger charge is 2.24. The number of likely N-dealkylation sites (tertiary alicyclic amines) is 1. The lowest BCUT2D eigenvalue weighted by Gasteiger charge is -2.34. The summed E-state index contributed by atoms with van der Waals surface area (Å²) in [5.74, 6) is -0.572. The van der Waals surface area contributed by atoms with Gasteiger partial charge in [0.1, 0.15) is 10.7 Å². The van der Waals surface area contributed by atoms with E-state index >= 15 is 0 Å².